The second-order valence-electron chi connectivity index (χ2n) is 3.92. The van der Waals surface area contributed by atoms with Gasteiger partial charge in [0.25, 0.3) is 0 Å². The quantitative estimate of drug-likeness (QED) is 0.665. The predicted octanol–water partition coefficient (Wildman–Crippen LogP) is 0.387. The van der Waals surface area contributed by atoms with E-state index in [1.54, 1.807) is 6.92 Å². The highest BCUT2D eigenvalue weighted by Gasteiger charge is 2.18. The zero-order chi connectivity index (χ0) is 14.4. The normalized spacial score (nSPS) is 11.5. The predicted molar refractivity (Wildman–Crippen MR) is 71.8 cm³/mol. The van der Waals surface area contributed by atoms with Crippen LogP contribution in [0.5, 0.6) is 0 Å². The molecule has 1 amide bonds. The molecule has 1 rings (SSSR count). The molecule has 0 fully saturated rings. The Bertz CT molecular complexity index is 476. The molecule has 0 saturated carbocycles. The molecule has 4 N–H and O–H groups in total. The number of rotatable bonds is 5. The number of anilines is 2. The Balaban J connectivity index is 2.94. The zero-order valence-corrected chi connectivity index (χ0v) is 11.2. The molecule has 0 saturated heterocycles. The van der Waals surface area contributed by atoms with Gasteiger partial charge in [-0.05, 0) is 19.9 Å². The number of ether oxygens (including phenoxy) is 1. The van der Waals surface area contributed by atoms with Crippen LogP contribution in [0.15, 0.2) is 12.3 Å². The van der Waals surface area contributed by atoms with Gasteiger partial charge >= 0.3 is 5.97 Å². The monoisotopic (exact) mass is 266 g/mol. The van der Waals surface area contributed by atoms with Crippen molar-refractivity contribution in [3.8, 4) is 0 Å². The van der Waals surface area contributed by atoms with Gasteiger partial charge in [-0.25, -0.2) is 9.78 Å². The summed E-state index contributed by atoms with van der Waals surface area (Å²) in [6.45, 7) is 4.03. The lowest BCUT2D eigenvalue weighted by Crippen LogP contribution is -2.38. The second kappa shape index (κ2) is 6.58. The maximum absolute atomic E-state index is 11.6. The lowest BCUT2D eigenvalue weighted by Gasteiger charge is -2.16. The minimum atomic E-state index is -0.564. The van der Waals surface area contributed by atoms with Crippen LogP contribution in [0.25, 0.3) is 0 Å². The molecule has 1 heterocycles. The SMILES string of the molecule is CCNC(=O)C(C)Nc1ncc(N)cc1C(=O)OC. The van der Waals surface area contributed by atoms with Crippen LogP contribution in [-0.2, 0) is 9.53 Å². The first-order chi connectivity index (χ1) is 8.99. The van der Waals surface area contributed by atoms with Crippen molar-refractivity contribution in [3.05, 3.63) is 17.8 Å². The number of aromatic nitrogens is 1. The molecule has 0 aliphatic rings. The Morgan fingerprint density at radius 2 is 2.21 bits per heavy atom. The summed E-state index contributed by atoms with van der Waals surface area (Å²) in [7, 11) is 1.27. The average Bonchev–Trinajstić information content (AvgIpc) is 2.40. The van der Waals surface area contributed by atoms with Crippen molar-refractivity contribution in [1.29, 1.82) is 0 Å². The number of likely N-dealkylation sites (N-methyl/N-ethyl adjacent to an activating group) is 1. The molecular formula is C12H18N4O3. The lowest BCUT2D eigenvalue weighted by molar-refractivity contribution is -0.121. The van der Waals surface area contributed by atoms with Crippen molar-refractivity contribution >= 4 is 23.4 Å². The van der Waals surface area contributed by atoms with Crippen LogP contribution in [0, 0.1) is 0 Å². The first kappa shape index (κ1) is 14.7. The number of esters is 1. The number of carbonyl (C=O) groups excluding carboxylic acids is 2. The molecule has 0 spiro atoms. The number of hydrogen-bond acceptors (Lipinski definition) is 6. The highest BCUT2D eigenvalue weighted by Crippen LogP contribution is 2.17. The largest absolute Gasteiger partial charge is 0.465 e. The van der Waals surface area contributed by atoms with Crippen molar-refractivity contribution < 1.29 is 14.3 Å². The lowest BCUT2D eigenvalue weighted by atomic mass is 10.2. The van der Waals surface area contributed by atoms with Crippen molar-refractivity contribution in [1.82, 2.24) is 10.3 Å². The number of carbonyl (C=O) groups is 2. The summed E-state index contributed by atoms with van der Waals surface area (Å²) < 4.78 is 4.65. The fraction of sp³-hybridized carbons (Fsp3) is 0.417. The van der Waals surface area contributed by atoms with E-state index in [9.17, 15) is 9.59 Å². The van der Waals surface area contributed by atoms with E-state index >= 15 is 0 Å². The van der Waals surface area contributed by atoms with Gasteiger partial charge < -0.3 is 21.1 Å². The number of methoxy groups -OCH3 is 1. The van der Waals surface area contributed by atoms with Crippen LogP contribution in [-0.4, -0.2) is 36.6 Å². The smallest absolute Gasteiger partial charge is 0.341 e. The standard InChI is InChI=1S/C12H18N4O3/c1-4-14-11(17)7(2)16-10-9(12(18)19-3)5-8(13)6-15-10/h5-7H,4,13H2,1-3H3,(H,14,17)(H,15,16). The van der Waals surface area contributed by atoms with Gasteiger partial charge in [0.15, 0.2) is 0 Å². The van der Waals surface area contributed by atoms with Crippen molar-refractivity contribution in [2.45, 2.75) is 19.9 Å². The first-order valence-electron chi connectivity index (χ1n) is 5.87. The van der Waals surface area contributed by atoms with Gasteiger partial charge in [-0.1, -0.05) is 0 Å². The fourth-order valence-corrected chi connectivity index (χ4v) is 1.46. The van der Waals surface area contributed by atoms with Crippen LogP contribution >= 0.6 is 0 Å². The Morgan fingerprint density at radius 1 is 1.53 bits per heavy atom. The van der Waals surface area contributed by atoms with Gasteiger partial charge in [0, 0.05) is 6.54 Å². The number of nitrogen functional groups attached to an aromatic ring is 1. The first-order valence-corrected chi connectivity index (χ1v) is 5.87. The Morgan fingerprint density at radius 3 is 2.79 bits per heavy atom. The van der Waals surface area contributed by atoms with Crippen molar-refractivity contribution in [2.24, 2.45) is 0 Å². The average molecular weight is 266 g/mol. The second-order valence-corrected chi connectivity index (χ2v) is 3.92. The molecule has 1 aromatic heterocycles. The number of nitrogens with zero attached hydrogens (tertiary/aromatic N) is 1. The molecule has 19 heavy (non-hydrogen) atoms. The molecule has 0 bridgehead atoms. The summed E-state index contributed by atoms with van der Waals surface area (Å²) in [6.07, 6.45) is 1.40. The maximum atomic E-state index is 11.6. The summed E-state index contributed by atoms with van der Waals surface area (Å²) in [4.78, 5) is 27.2. The van der Waals surface area contributed by atoms with Gasteiger partial charge in [0.2, 0.25) is 5.91 Å². The van der Waals surface area contributed by atoms with E-state index in [4.69, 9.17) is 5.73 Å². The van der Waals surface area contributed by atoms with E-state index < -0.39 is 12.0 Å². The van der Waals surface area contributed by atoms with E-state index in [-0.39, 0.29) is 17.3 Å². The Hall–Kier alpha value is -2.31. The van der Waals surface area contributed by atoms with Gasteiger partial charge in [-0.3, -0.25) is 4.79 Å². The summed E-state index contributed by atoms with van der Waals surface area (Å²) >= 11 is 0. The molecule has 1 atom stereocenters. The van der Waals surface area contributed by atoms with E-state index in [1.807, 2.05) is 6.92 Å². The van der Waals surface area contributed by atoms with Crippen LogP contribution in [0.1, 0.15) is 24.2 Å². The number of amides is 1. The van der Waals surface area contributed by atoms with Crippen LogP contribution in [0.4, 0.5) is 11.5 Å². The summed E-state index contributed by atoms with van der Waals surface area (Å²) in [6, 6.07) is 0.922. The molecule has 7 nitrogen and oxygen atoms in total. The van der Waals surface area contributed by atoms with Crippen LogP contribution in [0.3, 0.4) is 0 Å². The molecule has 104 valence electrons. The molecule has 1 unspecified atom stereocenters. The molecule has 1 aromatic rings. The number of nitrogens with one attached hydrogen (secondary N) is 2. The minimum Gasteiger partial charge on any atom is -0.465 e. The van der Waals surface area contributed by atoms with E-state index in [0.717, 1.165) is 0 Å². The van der Waals surface area contributed by atoms with Crippen molar-refractivity contribution in [2.75, 3.05) is 24.7 Å². The van der Waals surface area contributed by atoms with Crippen molar-refractivity contribution in [3.63, 3.8) is 0 Å². The van der Waals surface area contributed by atoms with E-state index in [1.165, 1.54) is 19.4 Å². The molecule has 0 aliphatic carbocycles. The molecular weight excluding hydrogens is 248 g/mol. The zero-order valence-electron chi connectivity index (χ0n) is 11.2. The third-order valence-electron chi connectivity index (χ3n) is 2.41. The Kier molecular flexibility index (Phi) is 5.11. The third kappa shape index (κ3) is 3.84. The molecule has 0 aromatic carbocycles. The number of hydrogen-bond donors (Lipinski definition) is 3. The number of nitrogens with two attached hydrogens (primary N) is 1. The summed E-state index contributed by atoms with van der Waals surface area (Å²) in [5, 5.41) is 5.53. The van der Waals surface area contributed by atoms with Gasteiger partial charge in [-0.15, -0.1) is 0 Å². The van der Waals surface area contributed by atoms with E-state index in [0.29, 0.717) is 12.2 Å². The van der Waals surface area contributed by atoms with E-state index in [2.05, 4.69) is 20.4 Å². The summed E-state index contributed by atoms with van der Waals surface area (Å²) in [5.74, 6) is -0.484. The van der Waals surface area contributed by atoms with Crippen LogP contribution < -0.4 is 16.4 Å². The van der Waals surface area contributed by atoms with Gasteiger partial charge in [0.05, 0.1) is 19.0 Å². The fourth-order valence-electron chi connectivity index (χ4n) is 1.46. The third-order valence-corrected chi connectivity index (χ3v) is 2.41. The summed E-state index contributed by atoms with van der Waals surface area (Å²) in [5.41, 5.74) is 6.12. The Labute approximate surface area is 111 Å². The van der Waals surface area contributed by atoms with Gasteiger partial charge in [-0.2, -0.15) is 0 Å². The highest BCUT2D eigenvalue weighted by atomic mass is 16.5. The van der Waals surface area contributed by atoms with Gasteiger partial charge in [0.1, 0.15) is 17.4 Å². The molecule has 0 aliphatic heterocycles. The molecule has 0 radical (unpaired) electrons. The topological polar surface area (TPSA) is 106 Å². The van der Waals surface area contributed by atoms with Crippen LogP contribution in [0.2, 0.25) is 0 Å². The minimum absolute atomic E-state index is 0.183. The number of pyridine rings is 1. The molecule has 7 heteroatoms. The maximum Gasteiger partial charge on any atom is 0.341 e. The highest BCUT2D eigenvalue weighted by molar-refractivity contribution is 5.96.